The molecule has 2 aliphatic rings. The fraction of sp³-hybridized carbons (Fsp3) is 1.00. The van der Waals surface area contributed by atoms with Gasteiger partial charge in [-0.2, -0.15) is 29.2 Å². The second-order valence-corrected chi connectivity index (χ2v) is 8.71. The van der Waals surface area contributed by atoms with Crippen molar-refractivity contribution in [2.45, 2.75) is 49.8 Å². The number of aliphatic hydroxyl groups is 1. The second-order valence-electron chi connectivity index (χ2n) is 5.87. The van der Waals surface area contributed by atoms with Crippen LogP contribution in [0.25, 0.3) is 0 Å². The van der Waals surface area contributed by atoms with Crippen molar-refractivity contribution in [3.05, 3.63) is 0 Å². The fourth-order valence-corrected chi connectivity index (χ4v) is 5.39. The number of nitrogens with zero attached hydrogens (tertiary/aromatic N) is 1. The highest BCUT2D eigenvalue weighted by atomic mass is 32.2. The van der Waals surface area contributed by atoms with E-state index < -0.39 is 10.2 Å². The summed E-state index contributed by atoms with van der Waals surface area (Å²) in [6.45, 7) is 1.22. The Morgan fingerprint density at radius 1 is 1.25 bits per heavy atom. The van der Waals surface area contributed by atoms with Crippen LogP contribution in [-0.4, -0.2) is 55.1 Å². The third kappa shape index (κ3) is 4.34. The Labute approximate surface area is 126 Å². The highest BCUT2D eigenvalue weighted by Gasteiger charge is 2.31. The largest absolute Gasteiger partial charge is 0.396 e. The summed E-state index contributed by atoms with van der Waals surface area (Å²) in [7, 11) is -3.35. The van der Waals surface area contributed by atoms with Crippen molar-refractivity contribution in [2.24, 2.45) is 5.92 Å². The van der Waals surface area contributed by atoms with Gasteiger partial charge in [-0.1, -0.05) is 6.42 Å². The Kier molecular flexibility index (Phi) is 6.16. The van der Waals surface area contributed by atoms with Crippen molar-refractivity contribution >= 4 is 22.0 Å². The lowest BCUT2D eigenvalue weighted by molar-refractivity contribution is 0.169. The first-order valence-corrected chi connectivity index (χ1v) is 10.2. The SMILES string of the molecule is CSC1CCCC(NS(=O)(=O)N2CCC(CO)CC2)C1. The van der Waals surface area contributed by atoms with Gasteiger partial charge in [0.25, 0.3) is 10.2 Å². The lowest BCUT2D eigenvalue weighted by atomic mass is 9.96. The molecule has 118 valence electrons. The maximum Gasteiger partial charge on any atom is 0.279 e. The van der Waals surface area contributed by atoms with Crippen molar-refractivity contribution in [1.82, 2.24) is 9.03 Å². The molecular weight excluding hydrogens is 296 g/mol. The van der Waals surface area contributed by atoms with E-state index in [1.807, 2.05) is 11.8 Å². The van der Waals surface area contributed by atoms with E-state index in [0.717, 1.165) is 32.1 Å². The molecule has 2 N–H and O–H groups in total. The van der Waals surface area contributed by atoms with Crippen LogP contribution in [0.15, 0.2) is 0 Å². The maximum atomic E-state index is 12.4. The van der Waals surface area contributed by atoms with Crippen molar-refractivity contribution in [3.63, 3.8) is 0 Å². The highest BCUT2D eigenvalue weighted by Crippen LogP contribution is 2.28. The fourth-order valence-electron chi connectivity index (χ4n) is 3.08. The molecule has 1 aliphatic carbocycles. The van der Waals surface area contributed by atoms with Crippen molar-refractivity contribution in [1.29, 1.82) is 0 Å². The van der Waals surface area contributed by atoms with Gasteiger partial charge in [0.05, 0.1) is 0 Å². The molecule has 7 heteroatoms. The average Bonchev–Trinajstić information content (AvgIpc) is 2.47. The molecule has 1 saturated heterocycles. The van der Waals surface area contributed by atoms with E-state index in [1.165, 1.54) is 6.42 Å². The van der Waals surface area contributed by atoms with E-state index in [2.05, 4.69) is 11.0 Å². The average molecular weight is 322 g/mol. The Hall–Kier alpha value is 0.180. The maximum absolute atomic E-state index is 12.4. The Morgan fingerprint density at radius 3 is 2.55 bits per heavy atom. The van der Waals surface area contributed by atoms with Crippen LogP contribution in [0.2, 0.25) is 0 Å². The van der Waals surface area contributed by atoms with E-state index in [9.17, 15) is 8.42 Å². The summed E-state index contributed by atoms with van der Waals surface area (Å²) in [5, 5.41) is 9.69. The molecule has 1 saturated carbocycles. The quantitative estimate of drug-likeness (QED) is 0.798. The zero-order valence-electron chi connectivity index (χ0n) is 12.1. The van der Waals surface area contributed by atoms with Gasteiger partial charge >= 0.3 is 0 Å². The normalized spacial score (nSPS) is 30.5. The summed E-state index contributed by atoms with van der Waals surface area (Å²) in [4.78, 5) is 0. The van der Waals surface area contributed by atoms with Crippen LogP contribution in [0.1, 0.15) is 38.5 Å². The molecule has 0 spiro atoms. The van der Waals surface area contributed by atoms with Gasteiger partial charge in [-0.25, -0.2) is 0 Å². The van der Waals surface area contributed by atoms with Crippen LogP contribution in [0, 0.1) is 5.92 Å². The molecule has 1 aliphatic heterocycles. The zero-order chi connectivity index (χ0) is 14.6. The van der Waals surface area contributed by atoms with Gasteiger partial charge in [-0.3, -0.25) is 0 Å². The molecule has 0 radical (unpaired) electrons. The van der Waals surface area contributed by atoms with E-state index in [0.29, 0.717) is 18.3 Å². The van der Waals surface area contributed by atoms with Crippen LogP contribution in [0.5, 0.6) is 0 Å². The van der Waals surface area contributed by atoms with Crippen molar-refractivity contribution in [3.8, 4) is 0 Å². The molecule has 0 aromatic heterocycles. The molecular formula is C13H26N2O3S2. The van der Waals surface area contributed by atoms with Gasteiger partial charge in [0.2, 0.25) is 0 Å². The van der Waals surface area contributed by atoms with Crippen LogP contribution in [0.4, 0.5) is 0 Å². The van der Waals surface area contributed by atoms with E-state index >= 15 is 0 Å². The molecule has 5 nitrogen and oxygen atoms in total. The molecule has 1 heterocycles. The van der Waals surface area contributed by atoms with Gasteiger partial charge in [-0.05, 0) is 44.3 Å². The van der Waals surface area contributed by atoms with E-state index in [-0.39, 0.29) is 18.6 Å². The monoisotopic (exact) mass is 322 g/mol. The molecule has 0 bridgehead atoms. The van der Waals surface area contributed by atoms with Gasteiger partial charge < -0.3 is 5.11 Å². The number of rotatable bonds is 5. The minimum atomic E-state index is -3.35. The summed E-state index contributed by atoms with van der Waals surface area (Å²) >= 11 is 1.84. The van der Waals surface area contributed by atoms with E-state index in [1.54, 1.807) is 4.31 Å². The Balaban J connectivity index is 1.87. The third-order valence-electron chi connectivity index (χ3n) is 4.45. The number of nitrogens with one attached hydrogen (secondary N) is 1. The summed E-state index contributed by atoms with van der Waals surface area (Å²) in [5.41, 5.74) is 0. The molecule has 0 amide bonds. The first-order valence-electron chi connectivity index (χ1n) is 7.46. The number of thioether (sulfide) groups is 1. The molecule has 2 fully saturated rings. The minimum absolute atomic E-state index is 0.0850. The van der Waals surface area contributed by atoms with Gasteiger partial charge in [-0.15, -0.1) is 0 Å². The van der Waals surface area contributed by atoms with Gasteiger partial charge in [0.15, 0.2) is 0 Å². The van der Waals surface area contributed by atoms with Crippen LogP contribution >= 0.6 is 11.8 Å². The summed E-state index contributed by atoms with van der Waals surface area (Å²) in [6, 6.07) is 0.0850. The summed E-state index contributed by atoms with van der Waals surface area (Å²) in [6.07, 6.45) is 7.80. The second kappa shape index (κ2) is 7.45. The number of hydrogen-bond acceptors (Lipinski definition) is 4. The molecule has 20 heavy (non-hydrogen) atoms. The molecule has 2 rings (SSSR count). The van der Waals surface area contributed by atoms with E-state index in [4.69, 9.17) is 5.11 Å². The van der Waals surface area contributed by atoms with Crippen LogP contribution in [0.3, 0.4) is 0 Å². The zero-order valence-corrected chi connectivity index (χ0v) is 13.8. The summed E-state index contributed by atoms with van der Waals surface area (Å²) < 4.78 is 29.2. The Bertz CT molecular complexity index is 394. The number of aliphatic hydroxyl groups excluding tert-OH is 1. The van der Waals surface area contributed by atoms with Crippen LogP contribution in [-0.2, 0) is 10.2 Å². The molecule has 2 atom stereocenters. The third-order valence-corrected chi connectivity index (χ3v) is 7.22. The standard InChI is InChI=1S/C13H26N2O3S2/c1-19-13-4-2-3-12(9-13)14-20(17,18)15-7-5-11(10-16)6-8-15/h11-14,16H,2-10H2,1H3. The predicted molar refractivity (Wildman–Crippen MR) is 83.0 cm³/mol. The van der Waals surface area contributed by atoms with Crippen molar-refractivity contribution in [2.75, 3.05) is 26.0 Å². The van der Waals surface area contributed by atoms with Gasteiger partial charge in [0.1, 0.15) is 0 Å². The molecule has 0 aromatic carbocycles. The smallest absolute Gasteiger partial charge is 0.279 e. The summed E-state index contributed by atoms with van der Waals surface area (Å²) in [5.74, 6) is 0.261. The lowest BCUT2D eigenvalue weighted by Crippen LogP contribution is -2.49. The van der Waals surface area contributed by atoms with Crippen LogP contribution < -0.4 is 4.72 Å². The number of hydrogen-bond donors (Lipinski definition) is 2. The van der Waals surface area contributed by atoms with Gasteiger partial charge in [0, 0.05) is 31.0 Å². The molecule has 0 aromatic rings. The first kappa shape index (κ1) is 16.5. The van der Waals surface area contributed by atoms with Crippen molar-refractivity contribution < 1.29 is 13.5 Å². The highest BCUT2D eigenvalue weighted by molar-refractivity contribution is 7.99. The predicted octanol–water partition coefficient (Wildman–Crippen LogP) is 1.20. The first-order chi connectivity index (χ1) is 9.55. The minimum Gasteiger partial charge on any atom is -0.396 e. The topological polar surface area (TPSA) is 69.6 Å². The number of piperidine rings is 1. The lowest BCUT2D eigenvalue weighted by Gasteiger charge is -2.34. The molecule has 2 unspecified atom stereocenters. The Morgan fingerprint density at radius 2 is 1.95 bits per heavy atom.